The zero-order valence-electron chi connectivity index (χ0n) is 13.8. The van der Waals surface area contributed by atoms with Crippen molar-refractivity contribution in [2.24, 2.45) is 0 Å². The lowest BCUT2D eigenvalue weighted by atomic mass is 10.0. The molecule has 0 aliphatic carbocycles. The summed E-state index contributed by atoms with van der Waals surface area (Å²) in [7, 11) is -3.97. The first-order valence-electron chi connectivity index (χ1n) is 7.42. The number of nitrogens with zero attached hydrogens (tertiary/aromatic N) is 1. The number of carbonyl (C=O) groups is 1. The van der Waals surface area contributed by atoms with E-state index in [1.54, 1.807) is 13.0 Å². The van der Waals surface area contributed by atoms with Gasteiger partial charge in [-0.25, -0.2) is 8.42 Å². The van der Waals surface area contributed by atoms with Crippen molar-refractivity contribution >= 4 is 16.0 Å². The van der Waals surface area contributed by atoms with Crippen LogP contribution in [-0.4, -0.2) is 30.5 Å². The van der Waals surface area contributed by atoms with Crippen LogP contribution in [0.5, 0.6) is 0 Å². The first kappa shape index (κ1) is 18.1. The summed E-state index contributed by atoms with van der Waals surface area (Å²) in [4.78, 5) is 15.3. The lowest BCUT2D eigenvalue weighted by molar-refractivity contribution is -0.138. The van der Waals surface area contributed by atoms with Gasteiger partial charge in [0.1, 0.15) is 10.9 Å². The Morgan fingerprint density at radius 3 is 2.46 bits per heavy atom. The van der Waals surface area contributed by atoms with Gasteiger partial charge in [0, 0.05) is 12.4 Å². The molecule has 2 aromatic rings. The molecule has 128 valence electrons. The van der Waals surface area contributed by atoms with Crippen LogP contribution in [0.15, 0.2) is 41.6 Å². The average molecular weight is 348 g/mol. The topological polar surface area (TPSA) is 96.4 Å². The molecule has 0 bridgehead atoms. The highest BCUT2D eigenvalue weighted by Gasteiger charge is 2.27. The lowest BCUT2D eigenvalue weighted by Crippen LogP contribution is -2.42. The third-order valence-corrected chi connectivity index (χ3v) is 5.49. The molecule has 0 saturated heterocycles. The Kier molecular flexibility index (Phi) is 5.36. The number of carboxylic acid groups (broad SMARTS) is 1. The molecule has 0 aliphatic rings. The van der Waals surface area contributed by atoms with E-state index in [1.807, 2.05) is 32.0 Å². The van der Waals surface area contributed by atoms with Crippen molar-refractivity contribution in [3.05, 3.63) is 58.9 Å². The first-order valence-corrected chi connectivity index (χ1v) is 8.91. The summed E-state index contributed by atoms with van der Waals surface area (Å²) in [6, 6.07) is 5.88. The van der Waals surface area contributed by atoms with Crippen molar-refractivity contribution < 1.29 is 18.3 Å². The van der Waals surface area contributed by atoms with Gasteiger partial charge in [0.25, 0.3) is 0 Å². The molecule has 0 aliphatic heterocycles. The van der Waals surface area contributed by atoms with E-state index in [0.717, 1.165) is 16.7 Å². The molecule has 1 unspecified atom stereocenters. The van der Waals surface area contributed by atoms with Crippen LogP contribution in [0.3, 0.4) is 0 Å². The van der Waals surface area contributed by atoms with Gasteiger partial charge >= 0.3 is 5.97 Å². The molecule has 1 aromatic heterocycles. The number of aliphatic carboxylic acids is 1. The molecular weight excluding hydrogens is 328 g/mol. The van der Waals surface area contributed by atoms with Crippen molar-refractivity contribution in [2.45, 2.75) is 38.1 Å². The molecule has 24 heavy (non-hydrogen) atoms. The minimum absolute atomic E-state index is 0.0173. The minimum atomic E-state index is -3.97. The van der Waals surface area contributed by atoms with Gasteiger partial charge in [-0.15, -0.1) is 0 Å². The van der Waals surface area contributed by atoms with Crippen LogP contribution in [0.2, 0.25) is 0 Å². The van der Waals surface area contributed by atoms with Crippen LogP contribution >= 0.6 is 0 Å². The molecule has 0 spiro atoms. The number of benzene rings is 1. The molecule has 2 rings (SSSR count). The lowest BCUT2D eigenvalue weighted by Gasteiger charge is -2.16. The first-order chi connectivity index (χ1) is 11.2. The molecule has 7 heteroatoms. The third kappa shape index (κ3) is 4.18. The number of pyridine rings is 1. The van der Waals surface area contributed by atoms with Crippen molar-refractivity contribution in [3.63, 3.8) is 0 Å². The Balaban J connectivity index is 2.27. The molecule has 0 radical (unpaired) electrons. The summed E-state index contributed by atoms with van der Waals surface area (Å²) >= 11 is 0. The van der Waals surface area contributed by atoms with Gasteiger partial charge in [-0.3, -0.25) is 9.78 Å². The minimum Gasteiger partial charge on any atom is -0.480 e. The SMILES string of the molecule is Cc1ccc(CC(NS(=O)(=O)c2cnccc2C)C(=O)O)cc1C. The number of aryl methyl sites for hydroxylation is 3. The number of hydrogen-bond donors (Lipinski definition) is 2. The zero-order valence-corrected chi connectivity index (χ0v) is 14.6. The number of sulfonamides is 1. The van der Waals surface area contributed by atoms with Gasteiger partial charge in [0.2, 0.25) is 10.0 Å². The predicted octanol–water partition coefficient (Wildman–Crippen LogP) is 1.98. The summed E-state index contributed by atoms with van der Waals surface area (Å²) in [6.45, 7) is 5.52. The number of nitrogens with one attached hydrogen (secondary N) is 1. The van der Waals surface area contributed by atoms with E-state index >= 15 is 0 Å². The van der Waals surface area contributed by atoms with E-state index in [2.05, 4.69) is 9.71 Å². The van der Waals surface area contributed by atoms with Crippen LogP contribution in [-0.2, 0) is 21.2 Å². The fraction of sp³-hybridized carbons (Fsp3) is 0.294. The quantitative estimate of drug-likeness (QED) is 0.832. The summed E-state index contributed by atoms with van der Waals surface area (Å²) in [5.41, 5.74) is 3.39. The van der Waals surface area contributed by atoms with Crippen LogP contribution in [0.4, 0.5) is 0 Å². The average Bonchev–Trinajstić information content (AvgIpc) is 2.50. The van der Waals surface area contributed by atoms with E-state index in [0.29, 0.717) is 5.56 Å². The van der Waals surface area contributed by atoms with Gasteiger partial charge in [-0.1, -0.05) is 18.2 Å². The van der Waals surface area contributed by atoms with E-state index in [1.165, 1.54) is 12.4 Å². The molecule has 0 fully saturated rings. The molecule has 0 saturated carbocycles. The molecule has 1 heterocycles. The maximum Gasteiger partial charge on any atom is 0.322 e. The summed E-state index contributed by atoms with van der Waals surface area (Å²) in [6.07, 6.45) is 2.76. The van der Waals surface area contributed by atoms with Crippen molar-refractivity contribution in [3.8, 4) is 0 Å². The zero-order chi connectivity index (χ0) is 17.9. The number of carboxylic acids is 1. The highest BCUT2D eigenvalue weighted by molar-refractivity contribution is 7.89. The van der Waals surface area contributed by atoms with E-state index < -0.39 is 22.0 Å². The third-order valence-electron chi connectivity index (χ3n) is 3.89. The maximum atomic E-state index is 12.5. The van der Waals surface area contributed by atoms with Crippen molar-refractivity contribution in [1.82, 2.24) is 9.71 Å². The van der Waals surface area contributed by atoms with Gasteiger partial charge in [-0.2, -0.15) is 4.72 Å². The second-order valence-electron chi connectivity index (χ2n) is 5.78. The Labute approximate surface area is 141 Å². The number of hydrogen-bond acceptors (Lipinski definition) is 4. The van der Waals surface area contributed by atoms with Crippen molar-refractivity contribution in [1.29, 1.82) is 0 Å². The Bertz CT molecular complexity index is 863. The fourth-order valence-corrected chi connectivity index (χ4v) is 3.70. The van der Waals surface area contributed by atoms with Crippen molar-refractivity contribution in [2.75, 3.05) is 0 Å². The van der Waals surface area contributed by atoms with Crippen LogP contribution < -0.4 is 4.72 Å². The largest absolute Gasteiger partial charge is 0.480 e. The van der Waals surface area contributed by atoms with Crippen LogP contribution in [0, 0.1) is 20.8 Å². The fourth-order valence-electron chi connectivity index (χ4n) is 2.33. The van der Waals surface area contributed by atoms with Crippen LogP contribution in [0.25, 0.3) is 0 Å². The molecule has 1 atom stereocenters. The Morgan fingerprint density at radius 1 is 1.17 bits per heavy atom. The maximum absolute atomic E-state index is 12.5. The number of aromatic nitrogens is 1. The second-order valence-corrected chi connectivity index (χ2v) is 7.46. The molecule has 0 amide bonds. The second kappa shape index (κ2) is 7.11. The monoisotopic (exact) mass is 348 g/mol. The van der Waals surface area contributed by atoms with Gasteiger partial charge < -0.3 is 5.11 Å². The number of rotatable bonds is 6. The van der Waals surface area contributed by atoms with E-state index in [-0.39, 0.29) is 11.3 Å². The van der Waals surface area contributed by atoms with Gasteiger partial charge in [-0.05, 0) is 55.5 Å². The predicted molar refractivity (Wildman–Crippen MR) is 90.3 cm³/mol. The van der Waals surface area contributed by atoms with E-state index in [9.17, 15) is 18.3 Å². The Hall–Kier alpha value is -2.25. The summed E-state index contributed by atoms with van der Waals surface area (Å²) in [5, 5.41) is 9.40. The van der Waals surface area contributed by atoms with Gasteiger partial charge in [0.15, 0.2) is 0 Å². The smallest absolute Gasteiger partial charge is 0.322 e. The molecule has 6 nitrogen and oxygen atoms in total. The highest BCUT2D eigenvalue weighted by atomic mass is 32.2. The summed E-state index contributed by atoms with van der Waals surface area (Å²) < 4.78 is 27.2. The van der Waals surface area contributed by atoms with Gasteiger partial charge in [0.05, 0.1) is 0 Å². The molecular formula is C17H20N2O4S. The Morgan fingerprint density at radius 2 is 1.88 bits per heavy atom. The highest BCUT2D eigenvalue weighted by Crippen LogP contribution is 2.16. The molecule has 2 N–H and O–H groups in total. The standard InChI is InChI=1S/C17H20N2O4S/c1-11-4-5-14(8-13(11)3)9-15(17(20)21)19-24(22,23)16-10-18-7-6-12(16)2/h4-8,10,15,19H,9H2,1-3H3,(H,20,21). The normalized spacial score (nSPS) is 12.8. The van der Waals surface area contributed by atoms with Crippen LogP contribution in [0.1, 0.15) is 22.3 Å². The van der Waals surface area contributed by atoms with E-state index in [4.69, 9.17) is 0 Å². The molecule has 1 aromatic carbocycles. The summed E-state index contributed by atoms with van der Waals surface area (Å²) in [5.74, 6) is -1.22.